The molecule has 7 nitrogen and oxygen atoms in total. The molecule has 1 saturated heterocycles. The van der Waals surface area contributed by atoms with Crippen molar-refractivity contribution in [2.24, 2.45) is 5.92 Å². The summed E-state index contributed by atoms with van der Waals surface area (Å²) in [7, 11) is 1.31. The first kappa shape index (κ1) is 28.8. The lowest BCUT2D eigenvalue weighted by Gasteiger charge is -2.13. The minimum absolute atomic E-state index is 0.142. The molecule has 0 saturated carbocycles. The zero-order valence-corrected chi connectivity index (χ0v) is 18.2. The molecule has 1 rings (SSSR count). The number of hydrogen-bond donors (Lipinski definition) is 0. The monoisotopic (exact) mass is 412 g/mol. The number of carbonyl (C=O) groups excluding carboxylic acids is 3. The maximum absolute atomic E-state index is 10.8. The van der Waals surface area contributed by atoms with Crippen LogP contribution in [0.15, 0.2) is 37.5 Å². The minimum Gasteiger partial charge on any atom is -0.466 e. The Labute approximate surface area is 174 Å². The van der Waals surface area contributed by atoms with Gasteiger partial charge in [-0.25, -0.2) is 14.4 Å². The summed E-state index contributed by atoms with van der Waals surface area (Å²) < 4.78 is 18.7. The maximum Gasteiger partial charge on any atom is 0.333 e. The van der Waals surface area contributed by atoms with Crippen LogP contribution in [0.3, 0.4) is 0 Å². The molecular weight excluding hydrogens is 376 g/mol. The summed E-state index contributed by atoms with van der Waals surface area (Å²) in [6.07, 6.45) is 7.10. The first-order valence-electron chi connectivity index (χ1n) is 9.69. The van der Waals surface area contributed by atoms with Gasteiger partial charge in [-0.15, -0.1) is 0 Å². The quantitative estimate of drug-likeness (QED) is 0.221. The number of ether oxygens (including phenoxy) is 4. The fourth-order valence-electron chi connectivity index (χ4n) is 1.70. The lowest BCUT2D eigenvalue weighted by atomic mass is 10.0. The molecule has 1 aliphatic heterocycles. The molecule has 7 heteroatoms. The second-order valence-electron chi connectivity index (χ2n) is 6.31. The van der Waals surface area contributed by atoms with Gasteiger partial charge in [-0.2, -0.15) is 0 Å². The Kier molecular flexibility index (Phi) is 18.8. The topological polar surface area (TPSA) is 91.4 Å². The van der Waals surface area contributed by atoms with E-state index in [0.717, 1.165) is 18.9 Å². The highest BCUT2D eigenvalue weighted by Crippen LogP contribution is 2.12. The molecule has 0 bridgehead atoms. The summed E-state index contributed by atoms with van der Waals surface area (Å²) in [5.74, 6) is -0.524. The van der Waals surface area contributed by atoms with E-state index < -0.39 is 5.97 Å². The Morgan fingerprint density at radius 3 is 2.07 bits per heavy atom. The van der Waals surface area contributed by atoms with Crippen LogP contribution in [-0.4, -0.2) is 50.9 Å². The van der Waals surface area contributed by atoms with Crippen molar-refractivity contribution in [1.82, 2.24) is 0 Å². The zero-order chi connectivity index (χ0) is 22.7. The van der Waals surface area contributed by atoms with Crippen molar-refractivity contribution >= 4 is 17.9 Å². The molecule has 166 valence electrons. The van der Waals surface area contributed by atoms with E-state index in [2.05, 4.69) is 38.3 Å². The van der Waals surface area contributed by atoms with Crippen LogP contribution in [-0.2, 0) is 33.3 Å². The van der Waals surface area contributed by atoms with Crippen LogP contribution in [0, 0.1) is 5.92 Å². The third-order valence-corrected chi connectivity index (χ3v) is 3.69. The molecule has 0 amide bonds. The van der Waals surface area contributed by atoms with Gasteiger partial charge in [0.25, 0.3) is 0 Å². The number of rotatable bonds is 11. The molecule has 1 fully saturated rings. The Bertz CT molecular complexity index is 521. The van der Waals surface area contributed by atoms with Crippen molar-refractivity contribution in [3.8, 4) is 0 Å². The average molecular weight is 413 g/mol. The van der Waals surface area contributed by atoms with Crippen LogP contribution in [0.1, 0.15) is 46.5 Å². The fraction of sp³-hybridized carbons (Fsp3) is 0.591. The third-order valence-electron chi connectivity index (χ3n) is 3.69. The molecule has 0 aliphatic carbocycles. The van der Waals surface area contributed by atoms with E-state index in [4.69, 9.17) is 14.2 Å². The van der Waals surface area contributed by atoms with Crippen molar-refractivity contribution < 1.29 is 33.3 Å². The Morgan fingerprint density at radius 1 is 1.14 bits per heavy atom. The number of methoxy groups -OCH3 is 1. The van der Waals surface area contributed by atoms with Crippen LogP contribution in [0.25, 0.3) is 0 Å². The Morgan fingerprint density at radius 2 is 1.72 bits per heavy atom. The smallest absolute Gasteiger partial charge is 0.333 e. The predicted octanol–water partition coefficient (Wildman–Crippen LogP) is 3.78. The molecular formula is C22H36O7. The highest BCUT2D eigenvalue weighted by atomic mass is 16.6. The van der Waals surface area contributed by atoms with Crippen LogP contribution >= 0.6 is 0 Å². The van der Waals surface area contributed by atoms with E-state index in [1.165, 1.54) is 26.0 Å². The molecule has 2 unspecified atom stereocenters. The van der Waals surface area contributed by atoms with Gasteiger partial charge in [-0.1, -0.05) is 52.8 Å². The van der Waals surface area contributed by atoms with Gasteiger partial charge >= 0.3 is 17.9 Å². The molecule has 0 radical (unpaired) electrons. The highest BCUT2D eigenvalue weighted by molar-refractivity contribution is 5.86. The maximum atomic E-state index is 10.8. The van der Waals surface area contributed by atoms with E-state index in [9.17, 15) is 14.4 Å². The molecule has 0 N–H and O–H groups in total. The van der Waals surface area contributed by atoms with Crippen molar-refractivity contribution in [2.75, 3.05) is 26.9 Å². The molecule has 0 aromatic carbocycles. The van der Waals surface area contributed by atoms with Gasteiger partial charge in [-0.05, 0) is 19.3 Å². The SMILES string of the molecule is C=C(C)C(=O)OCC1CO1.C=CC(=O)OC.C=CC(=O)OCC(CC)CCCC. The summed E-state index contributed by atoms with van der Waals surface area (Å²) in [6, 6.07) is 0. The van der Waals surface area contributed by atoms with Crippen molar-refractivity contribution in [3.63, 3.8) is 0 Å². The van der Waals surface area contributed by atoms with Gasteiger partial charge in [0.2, 0.25) is 0 Å². The van der Waals surface area contributed by atoms with Crippen molar-refractivity contribution in [2.45, 2.75) is 52.6 Å². The Balaban J connectivity index is 0. The molecule has 29 heavy (non-hydrogen) atoms. The van der Waals surface area contributed by atoms with E-state index in [-0.39, 0.29) is 18.0 Å². The molecule has 1 aliphatic rings. The fourth-order valence-corrected chi connectivity index (χ4v) is 1.70. The second kappa shape index (κ2) is 18.9. The highest BCUT2D eigenvalue weighted by Gasteiger charge is 2.24. The van der Waals surface area contributed by atoms with E-state index in [0.29, 0.717) is 31.3 Å². The van der Waals surface area contributed by atoms with Gasteiger partial charge in [0.05, 0.1) is 20.3 Å². The lowest BCUT2D eigenvalue weighted by molar-refractivity contribution is -0.140. The van der Waals surface area contributed by atoms with Gasteiger partial charge in [0, 0.05) is 17.7 Å². The summed E-state index contributed by atoms with van der Waals surface area (Å²) in [5.41, 5.74) is 0.431. The predicted molar refractivity (Wildman–Crippen MR) is 112 cm³/mol. The largest absolute Gasteiger partial charge is 0.466 e. The number of epoxide rings is 1. The molecule has 1 heterocycles. The van der Waals surface area contributed by atoms with Crippen LogP contribution in [0.4, 0.5) is 0 Å². The van der Waals surface area contributed by atoms with Crippen molar-refractivity contribution in [3.05, 3.63) is 37.5 Å². The molecule has 0 aromatic heterocycles. The van der Waals surface area contributed by atoms with Crippen LogP contribution in [0.2, 0.25) is 0 Å². The zero-order valence-electron chi connectivity index (χ0n) is 18.2. The average Bonchev–Trinajstić information content (AvgIpc) is 3.56. The molecule has 2 atom stereocenters. The van der Waals surface area contributed by atoms with Crippen LogP contribution < -0.4 is 0 Å². The van der Waals surface area contributed by atoms with Gasteiger partial charge in [-0.3, -0.25) is 0 Å². The van der Waals surface area contributed by atoms with E-state index in [1.807, 2.05) is 0 Å². The standard InChI is InChI=1S/C11H20O2.C7H10O3.C4H6O2/c1-4-7-8-10(5-2)9-13-11(12)6-3;1-5(2)7(8)10-4-6-3-9-6;1-3-4(5)6-2/h6,10H,3-5,7-9H2,1-2H3;6H,1,3-4H2,2H3;3H,1H2,2H3. The number of hydrogen-bond acceptors (Lipinski definition) is 7. The summed E-state index contributed by atoms with van der Waals surface area (Å²) >= 11 is 0. The summed E-state index contributed by atoms with van der Waals surface area (Å²) in [6.45, 7) is 17.5. The minimum atomic E-state index is -0.394. The first-order chi connectivity index (χ1) is 13.7. The summed E-state index contributed by atoms with van der Waals surface area (Å²) in [5, 5.41) is 0. The van der Waals surface area contributed by atoms with E-state index >= 15 is 0 Å². The van der Waals surface area contributed by atoms with Crippen molar-refractivity contribution in [1.29, 1.82) is 0 Å². The third kappa shape index (κ3) is 20.1. The molecule has 0 spiro atoms. The molecule has 0 aromatic rings. The number of unbranched alkanes of at least 4 members (excludes halogenated alkanes) is 1. The number of esters is 3. The first-order valence-corrected chi connectivity index (χ1v) is 9.69. The van der Waals surface area contributed by atoms with Crippen LogP contribution in [0.5, 0.6) is 0 Å². The van der Waals surface area contributed by atoms with E-state index in [1.54, 1.807) is 6.92 Å². The Hall–Kier alpha value is -2.41. The van der Waals surface area contributed by atoms with Gasteiger partial charge < -0.3 is 18.9 Å². The lowest BCUT2D eigenvalue weighted by Crippen LogP contribution is -2.12. The summed E-state index contributed by atoms with van der Waals surface area (Å²) in [4.78, 5) is 31.3. The normalized spacial score (nSPS) is 14.4. The second-order valence-corrected chi connectivity index (χ2v) is 6.31. The number of carbonyl (C=O) groups is 3. The van der Waals surface area contributed by atoms with Gasteiger partial charge in [0.15, 0.2) is 0 Å². The van der Waals surface area contributed by atoms with Gasteiger partial charge in [0.1, 0.15) is 12.7 Å².